The molecular formula is C15H23BrN2O. The van der Waals surface area contributed by atoms with Crippen LogP contribution in [-0.4, -0.2) is 10.9 Å². The minimum absolute atomic E-state index is 0.0773. The number of rotatable bonds is 9. The van der Waals surface area contributed by atoms with Crippen LogP contribution in [0.15, 0.2) is 22.9 Å². The van der Waals surface area contributed by atoms with Crippen molar-refractivity contribution >= 4 is 27.5 Å². The molecule has 1 aromatic rings. The van der Waals surface area contributed by atoms with Gasteiger partial charge in [0.25, 0.3) is 0 Å². The van der Waals surface area contributed by atoms with Crippen LogP contribution >= 0.6 is 15.9 Å². The van der Waals surface area contributed by atoms with Crippen LogP contribution in [0.4, 0.5) is 5.69 Å². The first-order valence-electron chi connectivity index (χ1n) is 7.12. The summed E-state index contributed by atoms with van der Waals surface area (Å²) in [5.41, 5.74) is 0.752. The molecule has 0 spiro atoms. The molecular weight excluding hydrogens is 304 g/mol. The smallest absolute Gasteiger partial charge is 0.224 e. The maximum absolute atomic E-state index is 11.7. The van der Waals surface area contributed by atoms with E-state index in [1.165, 1.54) is 32.1 Å². The Morgan fingerprint density at radius 2 is 1.84 bits per heavy atom. The van der Waals surface area contributed by atoms with Crippen molar-refractivity contribution in [2.45, 2.75) is 58.3 Å². The van der Waals surface area contributed by atoms with Crippen molar-refractivity contribution in [3.8, 4) is 0 Å². The Hall–Kier alpha value is -0.900. The molecule has 1 N–H and O–H groups in total. The van der Waals surface area contributed by atoms with Gasteiger partial charge in [-0.05, 0) is 28.4 Å². The number of hydrogen-bond acceptors (Lipinski definition) is 2. The van der Waals surface area contributed by atoms with Crippen LogP contribution in [0.2, 0.25) is 0 Å². The van der Waals surface area contributed by atoms with Gasteiger partial charge >= 0.3 is 0 Å². The number of unbranched alkanes of at least 4 members (excludes halogenated alkanes) is 6. The van der Waals surface area contributed by atoms with Crippen LogP contribution in [0.5, 0.6) is 0 Å². The summed E-state index contributed by atoms with van der Waals surface area (Å²) in [4.78, 5) is 15.7. The molecule has 4 heteroatoms. The van der Waals surface area contributed by atoms with Crippen molar-refractivity contribution in [3.05, 3.63) is 22.9 Å². The number of carbonyl (C=O) groups excluding carboxylic acids is 1. The lowest BCUT2D eigenvalue weighted by Gasteiger charge is -2.05. The van der Waals surface area contributed by atoms with Gasteiger partial charge in [0.05, 0.1) is 11.9 Å². The summed E-state index contributed by atoms with van der Waals surface area (Å²) in [6.07, 6.45) is 12.6. The lowest BCUT2D eigenvalue weighted by Crippen LogP contribution is -2.11. The van der Waals surface area contributed by atoms with Gasteiger partial charge in [0, 0.05) is 17.1 Å². The second-order valence-electron chi connectivity index (χ2n) is 4.81. The molecule has 3 nitrogen and oxygen atoms in total. The van der Waals surface area contributed by atoms with Crippen LogP contribution in [0.1, 0.15) is 58.3 Å². The Kier molecular flexibility index (Phi) is 8.47. The molecule has 1 aromatic heterocycles. The molecule has 106 valence electrons. The van der Waals surface area contributed by atoms with E-state index in [2.05, 4.69) is 33.2 Å². The minimum atomic E-state index is 0.0773. The van der Waals surface area contributed by atoms with Gasteiger partial charge in [-0.25, -0.2) is 0 Å². The molecule has 19 heavy (non-hydrogen) atoms. The summed E-state index contributed by atoms with van der Waals surface area (Å²) in [5.74, 6) is 0.0773. The monoisotopic (exact) mass is 326 g/mol. The summed E-state index contributed by atoms with van der Waals surface area (Å²) in [6.45, 7) is 2.22. The molecule has 0 saturated heterocycles. The SMILES string of the molecule is CCCCCCCCCC(=O)Nc1cncc(Br)c1. The summed E-state index contributed by atoms with van der Waals surface area (Å²) < 4.78 is 0.876. The average molecular weight is 327 g/mol. The first-order chi connectivity index (χ1) is 9.22. The number of nitrogens with zero attached hydrogens (tertiary/aromatic N) is 1. The van der Waals surface area contributed by atoms with Crippen molar-refractivity contribution < 1.29 is 4.79 Å². The lowest BCUT2D eigenvalue weighted by molar-refractivity contribution is -0.116. The Labute approximate surface area is 124 Å². The minimum Gasteiger partial charge on any atom is -0.325 e. The zero-order chi connectivity index (χ0) is 13.9. The zero-order valence-corrected chi connectivity index (χ0v) is 13.2. The van der Waals surface area contributed by atoms with E-state index in [1.807, 2.05) is 6.07 Å². The normalized spacial score (nSPS) is 10.4. The highest BCUT2D eigenvalue weighted by Gasteiger charge is 2.02. The van der Waals surface area contributed by atoms with E-state index in [0.29, 0.717) is 6.42 Å². The van der Waals surface area contributed by atoms with E-state index in [9.17, 15) is 4.79 Å². The predicted octanol–water partition coefficient (Wildman–Crippen LogP) is 4.92. The van der Waals surface area contributed by atoms with Crippen LogP contribution in [-0.2, 0) is 4.79 Å². The second kappa shape index (κ2) is 9.96. The molecule has 0 aliphatic rings. The second-order valence-corrected chi connectivity index (χ2v) is 5.73. The predicted molar refractivity (Wildman–Crippen MR) is 83.2 cm³/mol. The third kappa shape index (κ3) is 7.98. The number of nitrogens with one attached hydrogen (secondary N) is 1. The zero-order valence-electron chi connectivity index (χ0n) is 11.6. The van der Waals surface area contributed by atoms with E-state index < -0.39 is 0 Å². The van der Waals surface area contributed by atoms with Crippen LogP contribution in [0, 0.1) is 0 Å². The molecule has 0 aliphatic heterocycles. The molecule has 0 radical (unpaired) electrons. The van der Waals surface area contributed by atoms with Gasteiger partial charge in [0.1, 0.15) is 0 Å². The van der Waals surface area contributed by atoms with Crippen molar-refractivity contribution in [3.63, 3.8) is 0 Å². The highest BCUT2D eigenvalue weighted by Crippen LogP contribution is 2.14. The fourth-order valence-electron chi connectivity index (χ4n) is 1.95. The summed E-state index contributed by atoms with van der Waals surface area (Å²) >= 11 is 3.33. The molecule has 0 aromatic carbocycles. The lowest BCUT2D eigenvalue weighted by atomic mass is 10.1. The van der Waals surface area contributed by atoms with Gasteiger partial charge in [-0.2, -0.15) is 0 Å². The third-order valence-electron chi connectivity index (χ3n) is 3.00. The quantitative estimate of drug-likeness (QED) is 0.654. The summed E-state index contributed by atoms with van der Waals surface area (Å²) in [7, 11) is 0. The Balaban J connectivity index is 2.08. The molecule has 1 rings (SSSR count). The molecule has 0 fully saturated rings. The molecule has 0 bridgehead atoms. The van der Waals surface area contributed by atoms with Crippen molar-refractivity contribution in [1.29, 1.82) is 0 Å². The molecule has 0 aliphatic carbocycles. The Morgan fingerprint density at radius 3 is 2.53 bits per heavy atom. The van der Waals surface area contributed by atoms with Crippen LogP contribution < -0.4 is 5.32 Å². The van der Waals surface area contributed by atoms with Gasteiger partial charge in [0.2, 0.25) is 5.91 Å². The first-order valence-corrected chi connectivity index (χ1v) is 7.92. The molecule has 0 unspecified atom stereocenters. The van der Waals surface area contributed by atoms with Gasteiger partial charge in [-0.3, -0.25) is 9.78 Å². The van der Waals surface area contributed by atoms with Crippen molar-refractivity contribution in [2.75, 3.05) is 5.32 Å². The highest BCUT2D eigenvalue weighted by molar-refractivity contribution is 9.10. The van der Waals surface area contributed by atoms with Gasteiger partial charge in [-0.15, -0.1) is 0 Å². The highest BCUT2D eigenvalue weighted by atomic mass is 79.9. The number of halogens is 1. The van der Waals surface area contributed by atoms with Gasteiger partial charge < -0.3 is 5.32 Å². The number of carbonyl (C=O) groups is 1. The maximum Gasteiger partial charge on any atom is 0.224 e. The number of hydrogen-bond donors (Lipinski definition) is 1. The third-order valence-corrected chi connectivity index (χ3v) is 3.43. The van der Waals surface area contributed by atoms with Crippen LogP contribution in [0.3, 0.4) is 0 Å². The fourth-order valence-corrected chi connectivity index (χ4v) is 2.31. The maximum atomic E-state index is 11.7. The molecule has 0 saturated carbocycles. The average Bonchev–Trinajstić information content (AvgIpc) is 2.37. The molecule has 0 atom stereocenters. The number of anilines is 1. The van der Waals surface area contributed by atoms with Gasteiger partial charge in [0.15, 0.2) is 0 Å². The number of pyridine rings is 1. The van der Waals surface area contributed by atoms with E-state index >= 15 is 0 Å². The van der Waals surface area contributed by atoms with Gasteiger partial charge in [-0.1, -0.05) is 45.4 Å². The standard InChI is InChI=1S/C15H23BrN2O/c1-2-3-4-5-6-7-8-9-15(19)18-14-10-13(16)11-17-12-14/h10-12H,2-9H2,1H3,(H,18,19). The van der Waals surface area contributed by atoms with E-state index in [4.69, 9.17) is 0 Å². The first kappa shape index (κ1) is 16.2. The molecule has 1 heterocycles. The van der Waals surface area contributed by atoms with E-state index in [-0.39, 0.29) is 5.91 Å². The largest absolute Gasteiger partial charge is 0.325 e. The van der Waals surface area contributed by atoms with E-state index in [1.54, 1.807) is 12.4 Å². The van der Waals surface area contributed by atoms with Crippen LogP contribution in [0.25, 0.3) is 0 Å². The fraction of sp³-hybridized carbons (Fsp3) is 0.600. The van der Waals surface area contributed by atoms with Crippen molar-refractivity contribution in [2.24, 2.45) is 0 Å². The topological polar surface area (TPSA) is 42.0 Å². The van der Waals surface area contributed by atoms with Crippen molar-refractivity contribution in [1.82, 2.24) is 4.98 Å². The number of aromatic nitrogens is 1. The molecule has 1 amide bonds. The number of amides is 1. The Bertz CT molecular complexity index is 382. The summed E-state index contributed by atoms with van der Waals surface area (Å²) in [5, 5.41) is 2.86. The Morgan fingerprint density at radius 1 is 1.16 bits per heavy atom. The van der Waals surface area contributed by atoms with E-state index in [0.717, 1.165) is 23.0 Å². The summed E-state index contributed by atoms with van der Waals surface area (Å²) in [6, 6.07) is 1.86.